The molecule has 0 bridgehead atoms. The molecule has 1 unspecified atom stereocenters. The Morgan fingerprint density at radius 3 is 2.78 bits per heavy atom. The van der Waals surface area contributed by atoms with Crippen molar-refractivity contribution >= 4 is 5.97 Å². The minimum atomic E-state index is -4.80. The molecule has 0 radical (unpaired) electrons. The average Bonchev–Trinajstić information content (AvgIpc) is 3.02. The molecule has 1 aromatic heterocycles. The maximum atomic E-state index is 13.4. The SMILES string of the molecule is N#CC1=C(N)Oc2n[nH]c(C(F)(F)F)c2C1c1ccccc1OCC(=O)O. The molecule has 0 fully saturated rings. The number of aromatic nitrogens is 2. The third-order valence-corrected chi connectivity index (χ3v) is 3.80. The van der Waals surface area contributed by atoms with E-state index in [1.165, 1.54) is 24.3 Å². The number of hydrogen-bond acceptors (Lipinski definition) is 6. The van der Waals surface area contributed by atoms with Gasteiger partial charge in [-0.2, -0.15) is 18.4 Å². The highest BCUT2D eigenvalue weighted by molar-refractivity contribution is 5.68. The van der Waals surface area contributed by atoms with Gasteiger partial charge in [0.2, 0.25) is 11.8 Å². The molecule has 1 atom stereocenters. The fourth-order valence-electron chi connectivity index (χ4n) is 2.76. The molecule has 0 amide bonds. The molecule has 0 saturated carbocycles. The number of allylic oxidation sites excluding steroid dienone is 1. The van der Waals surface area contributed by atoms with Crippen LogP contribution in [0.15, 0.2) is 35.7 Å². The Hall–Kier alpha value is -3.68. The lowest BCUT2D eigenvalue weighted by Crippen LogP contribution is -2.23. The molecule has 11 heteroatoms. The van der Waals surface area contributed by atoms with Gasteiger partial charge in [0.15, 0.2) is 6.61 Å². The third-order valence-electron chi connectivity index (χ3n) is 3.80. The number of benzene rings is 1. The Labute approximate surface area is 149 Å². The summed E-state index contributed by atoms with van der Waals surface area (Å²) in [6, 6.07) is 7.57. The van der Waals surface area contributed by atoms with Crippen LogP contribution in [0, 0.1) is 11.3 Å². The van der Waals surface area contributed by atoms with Gasteiger partial charge in [-0.05, 0) is 6.07 Å². The normalized spacial score (nSPS) is 16.3. The number of nitrogens with one attached hydrogen (secondary N) is 1. The van der Waals surface area contributed by atoms with E-state index in [0.717, 1.165) is 0 Å². The number of H-pyrrole nitrogens is 1. The van der Waals surface area contributed by atoms with Crippen molar-refractivity contribution in [3.8, 4) is 17.7 Å². The van der Waals surface area contributed by atoms with E-state index < -0.39 is 47.7 Å². The van der Waals surface area contributed by atoms with E-state index in [2.05, 4.69) is 5.10 Å². The highest BCUT2D eigenvalue weighted by Crippen LogP contribution is 2.48. The van der Waals surface area contributed by atoms with E-state index in [1.54, 1.807) is 6.07 Å². The number of carboxylic acid groups (broad SMARTS) is 1. The van der Waals surface area contributed by atoms with E-state index in [4.69, 9.17) is 20.3 Å². The summed E-state index contributed by atoms with van der Waals surface area (Å²) in [6.45, 7) is -0.717. The quantitative estimate of drug-likeness (QED) is 0.739. The lowest BCUT2D eigenvalue weighted by molar-refractivity contribution is -0.142. The molecule has 3 rings (SSSR count). The second kappa shape index (κ2) is 6.56. The first-order valence-corrected chi connectivity index (χ1v) is 7.40. The van der Waals surface area contributed by atoms with Crippen molar-refractivity contribution in [2.75, 3.05) is 6.61 Å². The average molecular weight is 380 g/mol. The highest BCUT2D eigenvalue weighted by Gasteiger charge is 2.45. The van der Waals surface area contributed by atoms with Crippen LogP contribution >= 0.6 is 0 Å². The monoisotopic (exact) mass is 380 g/mol. The van der Waals surface area contributed by atoms with E-state index >= 15 is 0 Å². The molecule has 1 aliphatic heterocycles. The molecule has 0 saturated heterocycles. The number of halogens is 3. The molecule has 0 aliphatic carbocycles. The number of nitrogens with zero attached hydrogens (tertiary/aromatic N) is 2. The fourth-order valence-corrected chi connectivity index (χ4v) is 2.76. The molecule has 1 aromatic carbocycles. The summed E-state index contributed by atoms with van der Waals surface area (Å²) in [4.78, 5) is 10.8. The van der Waals surface area contributed by atoms with Crippen LogP contribution < -0.4 is 15.2 Å². The van der Waals surface area contributed by atoms with Crippen LogP contribution in [0.3, 0.4) is 0 Å². The Morgan fingerprint density at radius 2 is 2.15 bits per heavy atom. The second-order valence-electron chi connectivity index (χ2n) is 5.46. The molecular formula is C16H11F3N4O4. The summed E-state index contributed by atoms with van der Waals surface area (Å²) in [5.74, 6) is -3.40. The summed E-state index contributed by atoms with van der Waals surface area (Å²) < 4.78 is 50.5. The van der Waals surface area contributed by atoms with Crippen LogP contribution in [0.2, 0.25) is 0 Å². The number of nitrogens with two attached hydrogens (primary N) is 1. The minimum Gasteiger partial charge on any atom is -0.482 e. The predicted molar refractivity (Wildman–Crippen MR) is 82.5 cm³/mol. The Balaban J connectivity index is 2.22. The van der Waals surface area contributed by atoms with Gasteiger partial charge in [-0.25, -0.2) is 4.79 Å². The first-order valence-electron chi connectivity index (χ1n) is 7.40. The van der Waals surface area contributed by atoms with Crippen molar-refractivity contribution in [3.63, 3.8) is 0 Å². The second-order valence-corrected chi connectivity index (χ2v) is 5.46. The zero-order valence-corrected chi connectivity index (χ0v) is 13.4. The molecule has 2 aromatic rings. The Bertz CT molecular complexity index is 975. The molecular weight excluding hydrogens is 369 g/mol. The Morgan fingerprint density at radius 1 is 1.44 bits per heavy atom. The number of para-hydroxylation sites is 1. The molecule has 27 heavy (non-hydrogen) atoms. The molecule has 0 spiro atoms. The van der Waals surface area contributed by atoms with Gasteiger partial charge < -0.3 is 20.3 Å². The Kier molecular flexibility index (Phi) is 4.40. The van der Waals surface area contributed by atoms with Crippen molar-refractivity contribution in [2.45, 2.75) is 12.1 Å². The number of nitriles is 1. The zero-order valence-electron chi connectivity index (χ0n) is 13.4. The number of aromatic amines is 1. The van der Waals surface area contributed by atoms with Gasteiger partial charge in [0.05, 0.1) is 11.5 Å². The van der Waals surface area contributed by atoms with Gasteiger partial charge >= 0.3 is 12.1 Å². The van der Waals surface area contributed by atoms with E-state index in [-0.39, 0.29) is 16.9 Å². The van der Waals surface area contributed by atoms with Crippen molar-refractivity contribution in [2.24, 2.45) is 5.73 Å². The highest BCUT2D eigenvalue weighted by atomic mass is 19.4. The number of carboxylic acids is 1. The van der Waals surface area contributed by atoms with Crippen LogP contribution in [-0.2, 0) is 11.0 Å². The van der Waals surface area contributed by atoms with E-state index in [9.17, 15) is 23.2 Å². The van der Waals surface area contributed by atoms with Gasteiger partial charge in [-0.15, -0.1) is 5.10 Å². The first-order chi connectivity index (χ1) is 12.7. The summed E-state index contributed by atoms with van der Waals surface area (Å²) in [7, 11) is 0. The smallest absolute Gasteiger partial charge is 0.433 e. The maximum absolute atomic E-state index is 13.4. The molecule has 2 heterocycles. The maximum Gasteiger partial charge on any atom is 0.433 e. The standard InChI is InChI=1S/C16H11F3N4O4/c17-16(18,19)13-12-11(8(5-20)14(21)27-15(12)23-22-13)7-3-1-2-4-9(7)26-6-10(24)25/h1-4,11H,6,21H2,(H,22,23)(H,24,25). The van der Waals surface area contributed by atoms with Crippen LogP contribution in [-0.4, -0.2) is 27.9 Å². The van der Waals surface area contributed by atoms with Crippen LogP contribution in [0.25, 0.3) is 0 Å². The number of hydrogen-bond donors (Lipinski definition) is 3. The topological polar surface area (TPSA) is 134 Å². The van der Waals surface area contributed by atoms with Crippen molar-refractivity contribution < 1.29 is 32.5 Å². The predicted octanol–water partition coefficient (Wildman–Crippen LogP) is 2.11. The number of fused-ring (bicyclic) bond motifs is 1. The van der Waals surface area contributed by atoms with Crippen molar-refractivity contribution in [1.29, 1.82) is 5.26 Å². The lowest BCUT2D eigenvalue weighted by Gasteiger charge is -2.25. The summed E-state index contributed by atoms with van der Waals surface area (Å²) in [5, 5.41) is 23.6. The van der Waals surface area contributed by atoms with Gasteiger partial charge in [0, 0.05) is 5.56 Å². The lowest BCUT2D eigenvalue weighted by atomic mass is 9.83. The number of ether oxygens (including phenoxy) is 2. The largest absolute Gasteiger partial charge is 0.482 e. The van der Waals surface area contributed by atoms with Gasteiger partial charge in [0.25, 0.3) is 0 Å². The third kappa shape index (κ3) is 3.24. The number of carbonyl (C=O) groups is 1. The molecule has 4 N–H and O–H groups in total. The number of rotatable bonds is 4. The summed E-state index contributed by atoms with van der Waals surface area (Å²) in [6.07, 6.45) is -4.80. The van der Waals surface area contributed by atoms with Crippen LogP contribution in [0.1, 0.15) is 22.7 Å². The first kappa shape index (κ1) is 18.1. The van der Waals surface area contributed by atoms with E-state index in [1.807, 2.05) is 5.10 Å². The number of aliphatic carboxylic acids is 1. The summed E-state index contributed by atoms with van der Waals surface area (Å²) >= 11 is 0. The fraction of sp³-hybridized carbons (Fsp3) is 0.188. The number of alkyl halides is 3. The van der Waals surface area contributed by atoms with Gasteiger partial charge in [-0.3, -0.25) is 5.10 Å². The van der Waals surface area contributed by atoms with Crippen molar-refractivity contribution in [1.82, 2.24) is 10.2 Å². The van der Waals surface area contributed by atoms with Gasteiger partial charge in [0.1, 0.15) is 23.1 Å². The van der Waals surface area contributed by atoms with Gasteiger partial charge in [-0.1, -0.05) is 18.2 Å². The van der Waals surface area contributed by atoms with Crippen molar-refractivity contribution in [3.05, 3.63) is 52.5 Å². The van der Waals surface area contributed by atoms with E-state index in [0.29, 0.717) is 0 Å². The molecule has 1 aliphatic rings. The van der Waals surface area contributed by atoms with Crippen LogP contribution in [0.5, 0.6) is 11.6 Å². The molecule has 8 nitrogen and oxygen atoms in total. The zero-order chi connectivity index (χ0) is 19.8. The van der Waals surface area contributed by atoms with Crippen LogP contribution in [0.4, 0.5) is 13.2 Å². The minimum absolute atomic E-state index is 0.00683. The summed E-state index contributed by atoms with van der Waals surface area (Å²) in [5.41, 5.74) is 3.90. The molecule has 140 valence electrons.